The normalized spacial score (nSPS) is 19.1. The van der Waals surface area contributed by atoms with Crippen LogP contribution < -0.4 is 19.7 Å². The first-order valence-corrected chi connectivity index (χ1v) is 21.8. The van der Waals surface area contributed by atoms with Gasteiger partial charge in [0.15, 0.2) is 0 Å². The molecule has 3 fully saturated rings. The van der Waals surface area contributed by atoms with Crippen LogP contribution in [-0.4, -0.2) is 71.5 Å². The molecule has 63 heavy (non-hydrogen) atoms. The highest BCUT2D eigenvalue weighted by Gasteiger charge is 2.45. The molecule has 0 unspecified atom stereocenters. The van der Waals surface area contributed by atoms with E-state index in [-0.39, 0.29) is 36.0 Å². The summed E-state index contributed by atoms with van der Waals surface area (Å²) in [5, 5.41) is 21.6. The fourth-order valence-corrected chi connectivity index (χ4v) is 8.78. The van der Waals surface area contributed by atoms with E-state index in [4.69, 9.17) is 41.7 Å². The van der Waals surface area contributed by atoms with Gasteiger partial charge in [0.05, 0.1) is 29.3 Å². The number of aromatic nitrogens is 6. The fraction of sp³-hybridized carbons (Fsp3) is 0.391. The second-order valence-electron chi connectivity index (χ2n) is 16.8. The van der Waals surface area contributed by atoms with Gasteiger partial charge in [-0.1, -0.05) is 33.5 Å². The minimum absolute atomic E-state index is 0.0252. The number of anilines is 2. The van der Waals surface area contributed by atoms with Gasteiger partial charge in [0.2, 0.25) is 29.3 Å². The van der Waals surface area contributed by atoms with Crippen LogP contribution in [0.3, 0.4) is 0 Å². The average Bonchev–Trinajstić information content (AvgIpc) is 4.10. The Hall–Kier alpha value is -6.06. The van der Waals surface area contributed by atoms with Crippen LogP contribution >= 0.6 is 23.2 Å². The lowest BCUT2D eigenvalue weighted by molar-refractivity contribution is -0.141. The van der Waals surface area contributed by atoms with E-state index in [0.717, 1.165) is 59.3 Å². The highest BCUT2D eigenvalue weighted by molar-refractivity contribution is 6.32. The van der Waals surface area contributed by atoms with Gasteiger partial charge in [-0.3, -0.25) is 9.59 Å². The van der Waals surface area contributed by atoms with Crippen LogP contribution in [0.25, 0.3) is 45.7 Å². The summed E-state index contributed by atoms with van der Waals surface area (Å²) in [6.07, 6.45) is 8.42. The average molecular weight is 896 g/mol. The quantitative estimate of drug-likeness (QED) is 0.118. The Morgan fingerprint density at radius 2 is 1.35 bits per heavy atom. The molecule has 9 rings (SSSR count). The largest absolute Gasteiger partial charge is 0.481 e. The molecule has 2 bridgehead atoms. The molecule has 328 valence electrons. The predicted octanol–water partition coefficient (Wildman–Crippen LogP) is 10.3. The van der Waals surface area contributed by atoms with Crippen molar-refractivity contribution in [2.75, 3.05) is 10.2 Å². The molecule has 5 heterocycles. The van der Waals surface area contributed by atoms with Gasteiger partial charge in [0.1, 0.15) is 10.0 Å². The summed E-state index contributed by atoms with van der Waals surface area (Å²) < 4.78 is 22.0. The third-order valence-electron chi connectivity index (χ3n) is 11.4. The Balaban J connectivity index is 0.000000173. The van der Waals surface area contributed by atoms with Crippen molar-refractivity contribution in [1.29, 1.82) is 0 Å². The second kappa shape index (κ2) is 18.3. The molecule has 4 atom stereocenters. The number of aryl methyl sites for hydroxylation is 2. The van der Waals surface area contributed by atoms with E-state index in [1.165, 1.54) is 0 Å². The number of pyridine rings is 2. The Bertz CT molecular complexity index is 2650. The fourth-order valence-electron chi connectivity index (χ4n) is 8.36. The highest BCUT2D eigenvalue weighted by Crippen LogP contribution is 2.42. The number of fused-ring (bicyclic) bond motifs is 2. The number of piperidine rings is 1. The van der Waals surface area contributed by atoms with Gasteiger partial charge in [-0.25, -0.2) is 9.97 Å². The molecule has 2 aromatic carbocycles. The first-order valence-electron chi connectivity index (χ1n) is 21.1. The SMILES string of the molecule is Cc1cc(N2C(=O)[C@@H]3CC[C@H]2C3)ccc1-c1noc(-c2cnc(OC(C)C)c(Cl)c2)n1.Cc1cc(N[C@H]2CC[C@@H](C(=O)O)C2)ccc1-c1noc(-c2cnc(OC(C)C)c(Cl)c2)n1. The Morgan fingerprint density at radius 1 is 0.778 bits per heavy atom. The first-order chi connectivity index (χ1) is 30.2. The van der Waals surface area contributed by atoms with E-state index in [1.54, 1.807) is 24.5 Å². The van der Waals surface area contributed by atoms with Crippen molar-refractivity contribution in [3.05, 3.63) is 82.1 Å². The molecule has 17 heteroatoms. The van der Waals surface area contributed by atoms with Gasteiger partial charge in [-0.05, 0) is 140 Å². The number of nitrogens with zero attached hydrogens (tertiary/aromatic N) is 7. The maximum Gasteiger partial charge on any atom is 0.306 e. The number of aliphatic carboxylic acids is 1. The zero-order valence-electron chi connectivity index (χ0n) is 35.8. The summed E-state index contributed by atoms with van der Waals surface area (Å²) in [7, 11) is 0. The molecule has 1 amide bonds. The smallest absolute Gasteiger partial charge is 0.306 e. The number of hydrogen-bond acceptors (Lipinski definition) is 13. The van der Waals surface area contributed by atoms with E-state index < -0.39 is 5.97 Å². The van der Waals surface area contributed by atoms with Crippen LogP contribution in [0.2, 0.25) is 10.0 Å². The zero-order chi connectivity index (χ0) is 44.5. The van der Waals surface area contributed by atoms with Crippen molar-refractivity contribution in [3.63, 3.8) is 0 Å². The molecular weight excluding hydrogens is 847 g/mol. The number of rotatable bonds is 12. The molecule has 1 saturated heterocycles. The Labute approximate surface area is 374 Å². The molecule has 2 N–H and O–H groups in total. The monoisotopic (exact) mass is 894 g/mol. The number of carbonyl (C=O) groups excluding carboxylic acids is 1. The number of carboxylic acids is 1. The first kappa shape index (κ1) is 43.6. The molecule has 6 aromatic rings. The number of carboxylic acid groups (broad SMARTS) is 1. The van der Waals surface area contributed by atoms with Crippen LogP contribution in [-0.2, 0) is 9.59 Å². The minimum Gasteiger partial charge on any atom is -0.481 e. The zero-order valence-corrected chi connectivity index (χ0v) is 37.3. The number of benzene rings is 2. The van der Waals surface area contributed by atoms with Crippen LogP contribution in [0.4, 0.5) is 11.4 Å². The van der Waals surface area contributed by atoms with Crippen LogP contribution in [0.5, 0.6) is 11.8 Å². The van der Waals surface area contributed by atoms with E-state index in [0.29, 0.717) is 75.2 Å². The summed E-state index contributed by atoms with van der Waals surface area (Å²) in [5.74, 6) is 1.79. The third-order valence-corrected chi connectivity index (χ3v) is 11.9. The minimum atomic E-state index is -0.715. The molecule has 2 saturated carbocycles. The van der Waals surface area contributed by atoms with Gasteiger partial charge >= 0.3 is 5.97 Å². The van der Waals surface area contributed by atoms with Crippen LogP contribution in [0.15, 0.2) is 70.0 Å². The summed E-state index contributed by atoms with van der Waals surface area (Å²) in [5.41, 5.74) is 6.78. The number of carbonyl (C=O) groups is 2. The Kier molecular flexibility index (Phi) is 12.7. The van der Waals surface area contributed by atoms with Crippen molar-refractivity contribution in [1.82, 2.24) is 30.2 Å². The van der Waals surface area contributed by atoms with Crippen LogP contribution in [0, 0.1) is 25.7 Å². The number of amides is 1. The number of hydrogen-bond donors (Lipinski definition) is 2. The molecule has 0 spiro atoms. The topological polar surface area (TPSA) is 192 Å². The van der Waals surface area contributed by atoms with Crippen molar-refractivity contribution in [2.24, 2.45) is 11.8 Å². The van der Waals surface area contributed by atoms with Crippen molar-refractivity contribution in [2.45, 2.75) is 104 Å². The summed E-state index contributed by atoms with van der Waals surface area (Å²) in [4.78, 5) is 43.2. The summed E-state index contributed by atoms with van der Waals surface area (Å²) in [6.45, 7) is 11.6. The van der Waals surface area contributed by atoms with Crippen LogP contribution in [0.1, 0.15) is 77.3 Å². The molecule has 4 aromatic heterocycles. The number of halogens is 2. The van der Waals surface area contributed by atoms with Crippen molar-refractivity contribution in [3.8, 4) is 57.4 Å². The summed E-state index contributed by atoms with van der Waals surface area (Å²) in [6, 6.07) is 15.7. The van der Waals surface area contributed by atoms with E-state index >= 15 is 0 Å². The van der Waals surface area contributed by atoms with Gasteiger partial charge in [-0.2, -0.15) is 9.97 Å². The van der Waals surface area contributed by atoms with Gasteiger partial charge in [-0.15, -0.1) is 0 Å². The lowest BCUT2D eigenvalue weighted by atomic mass is 10.0. The van der Waals surface area contributed by atoms with E-state index in [2.05, 4.69) is 35.6 Å². The standard InChI is InChI=1S/C23H25ClN4O4.C23H23ClN4O3/c1-12(2)31-22-19(24)10-15(11-25-22)21-27-20(28-32-21)18-7-6-16(8-13(18)3)26-17-5-4-14(9-17)23(29)30;1-12(2)30-22-19(24)10-15(11-25-22)21-26-20(27-31-21)18-7-6-16(8-13(18)3)28-17-5-4-14(9-17)23(28)29/h6-8,10-12,14,17,26H,4-5,9H2,1-3H3,(H,29,30);6-8,10-12,14,17H,4-5,9H2,1-3H3/t2*14-,17+/m11/s1. The maximum absolute atomic E-state index is 12.6. The maximum atomic E-state index is 12.6. The van der Waals surface area contributed by atoms with Gasteiger partial charge in [0, 0.05) is 52.9 Å². The third kappa shape index (κ3) is 9.64. The molecule has 0 radical (unpaired) electrons. The van der Waals surface area contributed by atoms with Crippen molar-refractivity contribution < 1.29 is 33.2 Å². The molecular formula is C46H48Cl2N8O7. The van der Waals surface area contributed by atoms with E-state index in [1.807, 2.05) is 82.8 Å². The summed E-state index contributed by atoms with van der Waals surface area (Å²) >= 11 is 12.6. The molecule has 1 aliphatic heterocycles. The lowest BCUT2D eigenvalue weighted by Gasteiger charge is -2.27. The Morgan fingerprint density at radius 3 is 1.83 bits per heavy atom. The number of nitrogens with one attached hydrogen (secondary N) is 1. The molecule has 3 aliphatic rings. The second-order valence-corrected chi connectivity index (χ2v) is 17.6. The van der Waals surface area contributed by atoms with Gasteiger partial charge < -0.3 is 33.8 Å². The highest BCUT2D eigenvalue weighted by atomic mass is 35.5. The number of ether oxygens (including phenoxy) is 2. The lowest BCUT2D eigenvalue weighted by Crippen LogP contribution is -2.36. The van der Waals surface area contributed by atoms with E-state index in [9.17, 15) is 14.7 Å². The van der Waals surface area contributed by atoms with Gasteiger partial charge in [0.25, 0.3) is 11.8 Å². The molecule has 15 nitrogen and oxygen atoms in total. The van der Waals surface area contributed by atoms with Crippen molar-refractivity contribution >= 4 is 46.5 Å². The predicted molar refractivity (Wildman–Crippen MR) is 238 cm³/mol. The molecule has 2 aliphatic carbocycles.